The first kappa shape index (κ1) is 13.9. The van der Waals surface area contributed by atoms with Gasteiger partial charge in [0.05, 0.1) is 17.5 Å². The Morgan fingerprint density at radius 2 is 1.86 bits per heavy atom. The van der Waals surface area contributed by atoms with E-state index in [0.29, 0.717) is 6.42 Å². The van der Waals surface area contributed by atoms with E-state index in [0.717, 1.165) is 27.4 Å². The highest BCUT2D eigenvalue weighted by atomic mass is 32.1. The third kappa shape index (κ3) is 3.35. The maximum absolute atomic E-state index is 10.2. The van der Waals surface area contributed by atoms with E-state index in [1.807, 2.05) is 48.7 Å². The molecule has 1 atom stereocenters. The third-order valence-corrected chi connectivity index (χ3v) is 4.28. The summed E-state index contributed by atoms with van der Waals surface area (Å²) >= 11 is 1.57. The van der Waals surface area contributed by atoms with Gasteiger partial charge in [-0.3, -0.25) is 9.97 Å². The predicted octanol–water partition coefficient (Wildman–Crippen LogP) is 3.79. The normalized spacial score (nSPS) is 12.3. The van der Waals surface area contributed by atoms with Crippen molar-refractivity contribution in [3.8, 4) is 11.4 Å². The van der Waals surface area contributed by atoms with Gasteiger partial charge >= 0.3 is 0 Å². The van der Waals surface area contributed by atoms with E-state index in [1.54, 1.807) is 23.7 Å². The molecule has 0 saturated heterocycles. The molecule has 0 spiro atoms. The fourth-order valence-corrected chi connectivity index (χ4v) is 2.93. The van der Waals surface area contributed by atoms with Gasteiger partial charge in [0.15, 0.2) is 0 Å². The number of aromatic nitrogens is 2. The zero-order valence-electron chi connectivity index (χ0n) is 11.7. The second kappa shape index (κ2) is 6.16. The van der Waals surface area contributed by atoms with Crippen molar-refractivity contribution in [1.29, 1.82) is 0 Å². The molecule has 3 heterocycles. The minimum Gasteiger partial charge on any atom is -0.387 e. The summed E-state index contributed by atoms with van der Waals surface area (Å²) < 4.78 is 0. The van der Waals surface area contributed by atoms with E-state index in [4.69, 9.17) is 0 Å². The average Bonchev–Trinajstić information content (AvgIpc) is 3.02. The Balaban J connectivity index is 1.83. The van der Waals surface area contributed by atoms with Crippen LogP contribution in [0.5, 0.6) is 0 Å². The molecule has 0 aliphatic rings. The monoisotopic (exact) mass is 296 g/mol. The number of aliphatic hydroxyl groups excluding tert-OH is 1. The van der Waals surface area contributed by atoms with Gasteiger partial charge in [0, 0.05) is 23.7 Å². The predicted molar refractivity (Wildman–Crippen MR) is 85.2 cm³/mol. The van der Waals surface area contributed by atoms with Crippen molar-refractivity contribution in [1.82, 2.24) is 9.97 Å². The number of hydrogen-bond donors (Lipinski definition) is 1. The molecule has 3 aromatic heterocycles. The maximum atomic E-state index is 10.2. The van der Waals surface area contributed by atoms with Crippen LogP contribution in [0, 0.1) is 6.92 Å². The second-order valence-corrected chi connectivity index (χ2v) is 5.98. The van der Waals surface area contributed by atoms with Gasteiger partial charge in [-0.05, 0) is 53.8 Å². The molecule has 0 amide bonds. The Hall–Kier alpha value is -2.04. The molecule has 0 saturated carbocycles. The highest BCUT2D eigenvalue weighted by molar-refractivity contribution is 7.10. The topological polar surface area (TPSA) is 46.0 Å². The SMILES string of the molecule is Cc1ccnc(-c2cc(CC(O)c3cccs3)ccn2)c1. The molecule has 4 heteroatoms. The highest BCUT2D eigenvalue weighted by Crippen LogP contribution is 2.24. The molecule has 0 aromatic carbocycles. The first-order chi connectivity index (χ1) is 10.2. The number of thiophene rings is 1. The number of hydrogen-bond acceptors (Lipinski definition) is 4. The Bertz CT molecular complexity index is 725. The van der Waals surface area contributed by atoms with Crippen LogP contribution in [0.4, 0.5) is 0 Å². The Labute approximate surface area is 128 Å². The van der Waals surface area contributed by atoms with Crippen molar-refractivity contribution in [2.24, 2.45) is 0 Å². The van der Waals surface area contributed by atoms with Crippen molar-refractivity contribution in [3.63, 3.8) is 0 Å². The maximum Gasteiger partial charge on any atom is 0.0922 e. The molecule has 106 valence electrons. The summed E-state index contributed by atoms with van der Waals surface area (Å²) in [6, 6.07) is 11.8. The number of pyridine rings is 2. The second-order valence-electron chi connectivity index (χ2n) is 5.00. The van der Waals surface area contributed by atoms with Gasteiger partial charge in [0.1, 0.15) is 0 Å². The summed E-state index contributed by atoms with van der Waals surface area (Å²) in [4.78, 5) is 9.72. The summed E-state index contributed by atoms with van der Waals surface area (Å²) in [6.07, 6.45) is 3.68. The minimum absolute atomic E-state index is 0.467. The van der Waals surface area contributed by atoms with Crippen molar-refractivity contribution in [2.75, 3.05) is 0 Å². The molecule has 3 nitrogen and oxygen atoms in total. The zero-order valence-corrected chi connectivity index (χ0v) is 12.5. The van der Waals surface area contributed by atoms with Gasteiger partial charge in [-0.2, -0.15) is 0 Å². The summed E-state index contributed by atoms with van der Waals surface area (Å²) in [5.74, 6) is 0. The van der Waals surface area contributed by atoms with E-state index in [-0.39, 0.29) is 0 Å². The number of aliphatic hydroxyl groups is 1. The van der Waals surface area contributed by atoms with Crippen LogP contribution in [0.1, 0.15) is 22.1 Å². The van der Waals surface area contributed by atoms with E-state index in [9.17, 15) is 5.11 Å². The standard InChI is InChI=1S/C17H16N2OS/c1-12-4-6-18-14(9-12)15-10-13(5-7-19-15)11-16(20)17-3-2-8-21-17/h2-10,16,20H,11H2,1H3. The molecule has 0 bridgehead atoms. The lowest BCUT2D eigenvalue weighted by molar-refractivity contribution is 0.182. The lowest BCUT2D eigenvalue weighted by Crippen LogP contribution is -2.00. The summed E-state index contributed by atoms with van der Waals surface area (Å²) in [5.41, 5.74) is 3.92. The Morgan fingerprint density at radius 1 is 1.10 bits per heavy atom. The van der Waals surface area contributed by atoms with Crippen LogP contribution in [0.15, 0.2) is 54.2 Å². The van der Waals surface area contributed by atoms with Crippen molar-refractivity contribution < 1.29 is 5.11 Å². The van der Waals surface area contributed by atoms with Gasteiger partial charge in [-0.25, -0.2) is 0 Å². The molecule has 3 aromatic rings. The molecule has 0 aliphatic carbocycles. The summed E-state index contributed by atoms with van der Waals surface area (Å²) in [7, 11) is 0. The lowest BCUT2D eigenvalue weighted by atomic mass is 10.1. The minimum atomic E-state index is -0.467. The number of rotatable bonds is 4. The lowest BCUT2D eigenvalue weighted by Gasteiger charge is -2.09. The average molecular weight is 296 g/mol. The van der Waals surface area contributed by atoms with Crippen LogP contribution in [-0.2, 0) is 6.42 Å². The fourth-order valence-electron chi connectivity index (χ4n) is 2.22. The van der Waals surface area contributed by atoms with Gasteiger partial charge in [0.2, 0.25) is 0 Å². The van der Waals surface area contributed by atoms with Crippen LogP contribution in [0.2, 0.25) is 0 Å². The van der Waals surface area contributed by atoms with Crippen molar-refractivity contribution in [2.45, 2.75) is 19.4 Å². The largest absolute Gasteiger partial charge is 0.387 e. The number of nitrogens with zero attached hydrogens (tertiary/aromatic N) is 2. The van der Waals surface area contributed by atoms with Gasteiger partial charge in [-0.1, -0.05) is 6.07 Å². The van der Waals surface area contributed by atoms with Crippen LogP contribution >= 0.6 is 11.3 Å². The molecule has 1 N–H and O–H groups in total. The van der Waals surface area contributed by atoms with Gasteiger partial charge in [0.25, 0.3) is 0 Å². The molecule has 0 fully saturated rings. The molecule has 21 heavy (non-hydrogen) atoms. The Kier molecular flexibility index (Phi) is 4.08. The van der Waals surface area contributed by atoms with Gasteiger partial charge < -0.3 is 5.11 Å². The quantitative estimate of drug-likeness (QED) is 0.796. The van der Waals surface area contributed by atoms with E-state index in [2.05, 4.69) is 9.97 Å². The van der Waals surface area contributed by atoms with Gasteiger partial charge in [-0.15, -0.1) is 11.3 Å². The van der Waals surface area contributed by atoms with E-state index >= 15 is 0 Å². The van der Waals surface area contributed by atoms with Crippen LogP contribution < -0.4 is 0 Å². The molecular formula is C17H16N2OS. The summed E-state index contributed by atoms with van der Waals surface area (Å²) in [6.45, 7) is 2.04. The number of aryl methyl sites for hydroxylation is 1. The van der Waals surface area contributed by atoms with Crippen molar-refractivity contribution in [3.05, 3.63) is 70.2 Å². The third-order valence-electron chi connectivity index (χ3n) is 3.30. The molecule has 3 rings (SSSR count). The highest BCUT2D eigenvalue weighted by Gasteiger charge is 2.10. The van der Waals surface area contributed by atoms with E-state index in [1.165, 1.54) is 0 Å². The van der Waals surface area contributed by atoms with Crippen LogP contribution in [0.3, 0.4) is 0 Å². The van der Waals surface area contributed by atoms with Crippen molar-refractivity contribution >= 4 is 11.3 Å². The zero-order chi connectivity index (χ0) is 14.7. The molecule has 0 aliphatic heterocycles. The molecule has 0 radical (unpaired) electrons. The fraction of sp³-hybridized carbons (Fsp3) is 0.176. The first-order valence-electron chi connectivity index (χ1n) is 6.82. The Morgan fingerprint density at radius 3 is 2.57 bits per heavy atom. The first-order valence-corrected chi connectivity index (χ1v) is 7.70. The van der Waals surface area contributed by atoms with Crippen LogP contribution in [-0.4, -0.2) is 15.1 Å². The molecular weight excluding hydrogens is 280 g/mol. The molecule has 1 unspecified atom stereocenters. The smallest absolute Gasteiger partial charge is 0.0922 e. The summed E-state index contributed by atoms with van der Waals surface area (Å²) in [5, 5.41) is 12.2. The van der Waals surface area contributed by atoms with E-state index < -0.39 is 6.10 Å². The van der Waals surface area contributed by atoms with Crippen LogP contribution in [0.25, 0.3) is 11.4 Å².